The third-order valence-corrected chi connectivity index (χ3v) is 10.1. The molecule has 12 heteroatoms. The monoisotopic (exact) mass is 744 g/mol. The van der Waals surface area contributed by atoms with Crippen molar-refractivity contribution < 1.29 is 14.4 Å². The van der Waals surface area contributed by atoms with Gasteiger partial charge in [0.1, 0.15) is 0 Å². The first-order valence-electron chi connectivity index (χ1n) is 15.0. The van der Waals surface area contributed by atoms with E-state index in [4.69, 9.17) is 63.7 Å². The number of aromatic nitrogens is 2. The molecule has 1 aliphatic carbocycles. The number of halogens is 4. The summed E-state index contributed by atoms with van der Waals surface area (Å²) in [6.45, 7) is 1.41. The summed E-state index contributed by atoms with van der Waals surface area (Å²) in [7, 11) is 0. The molecule has 4 aromatic carbocycles. The summed E-state index contributed by atoms with van der Waals surface area (Å²) in [6, 6.07) is 28.0. The number of hydrogen-bond acceptors (Lipinski definition) is 5. The van der Waals surface area contributed by atoms with Crippen molar-refractivity contribution in [1.29, 1.82) is 0 Å². The van der Waals surface area contributed by atoms with Crippen molar-refractivity contribution in [2.75, 3.05) is 0 Å². The summed E-state index contributed by atoms with van der Waals surface area (Å²) >= 11 is 30.6. The van der Waals surface area contributed by atoms with Crippen LogP contribution in [0.15, 0.2) is 97.1 Å². The molecule has 2 N–H and O–H groups in total. The predicted octanol–water partition coefficient (Wildman–Crippen LogP) is 8.81. The van der Waals surface area contributed by atoms with Crippen molar-refractivity contribution in [3.05, 3.63) is 145 Å². The van der Waals surface area contributed by atoms with E-state index in [1.807, 2.05) is 18.2 Å². The minimum atomic E-state index is -1.92. The van der Waals surface area contributed by atoms with Gasteiger partial charge in [-0.05, 0) is 89.1 Å². The fourth-order valence-electron chi connectivity index (χ4n) is 6.95. The lowest BCUT2D eigenvalue weighted by Gasteiger charge is -2.49. The largest absolute Gasteiger partial charge is 0.302 e. The zero-order valence-corrected chi connectivity index (χ0v) is 29.3. The van der Waals surface area contributed by atoms with Gasteiger partial charge in [-0.15, -0.1) is 0 Å². The van der Waals surface area contributed by atoms with Crippen molar-refractivity contribution in [3.63, 3.8) is 0 Å². The van der Waals surface area contributed by atoms with Crippen LogP contribution in [0.1, 0.15) is 51.5 Å². The fourth-order valence-corrected chi connectivity index (χ4v) is 7.64. The Labute approximate surface area is 306 Å². The Morgan fingerprint density at radius 2 is 1.18 bits per heavy atom. The molecule has 2 unspecified atom stereocenters. The molecule has 7 nitrogen and oxygen atoms in total. The first kappa shape index (κ1) is 33.2. The first-order chi connectivity index (χ1) is 23.5. The van der Waals surface area contributed by atoms with E-state index >= 15 is 0 Å². The molecule has 2 amide bonds. The summed E-state index contributed by atoms with van der Waals surface area (Å²) in [6.07, 6.45) is 1.87. The Morgan fingerprint density at radius 3 is 1.67 bits per heavy atom. The summed E-state index contributed by atoms with van der Waals surface area (Å²) in [5.41, 5.74) is 2.44. The number of nitrogens with zero attached hydrogens (tertiary/aromatic N) is 2. The van der Waals surface area contributed by atoms with Gasteiger partial charge in [0, 0.05) is 50.0 Å². The molecule has 49 heavy (non-hydrogen) atoms. The highest BCUT2D eigenvalue weighted by molar-refractivity contribution is 7.80. The van der Waals surface area contributed by atoms with Gasteiger partial charge in [-0.25, -0.2) is 0 Å². The molecule has 1 aromatic heterocycles. The van der Waals surface area contributed by atoms with Crippen molar-refractivity contribution in [1.82, 2.24) is 20.4 Å². The predicted molar refractivity (Wildman–Crippen MR) is 197 cm³/mol. The van der Waals surface area contributed by atoms with Gasteiger partial charge in [-0.2, -0.15) is 9.78 Å². The smallest absolute Gasteiger partial charge is 0.244 e. The molecule has 5 aromatic rings. The summed E-state index contributed by atoms with van der Waals surface area (Å²) in [5.74, 6) is -3.59. The second-order valence-electron chi connectivity index (χ2n) is 11.8. The van der Waals surface area contributed by atoms with Crippen LogP contribution in [-0.2, 0) is 9.59 Å². The third kappa shape index (κ3) is 5.67. The van der Waals surface area contributed by atoms with E-state index in [0.29, 0.717) is 59.3 Å². The Morgan fingerprint density at radius 1 is 0.735 bits per heavy atom. The maximum Gasteiger partial charge on any atom is 0.244 e. The lowest BCUT2D eigenvalue weighted by atomic mass is 9.52. The number of fused-ring (bicyclic) bond motifs is 1. The summed E-state index contributed by atoms with van der Waals surface area (Å²) in [4.78, 5) is 43.3. The molecule has 1 aliphatic heterocycles. The van der Waals surface area contributed by atoms with Gasteiger partial charge in [0.2, 0.25) is 17.7 Å². The molecular formula is C37H24Cl4N4O3S. The molecular weight excluding hydrogens is 722 g/mol. The third-order valence-electron chi connectivity index (χ3n) is 8.93. The van der Waals surface area contributed by atoms with Crippen LogP contribution in [0.2, 0.25) is 20.1 Å². The maximum atomic E-state index is 14.9. The molecule has 1 saturated heterocycles. The lowest BCUT2D eigenvalue weighted by Crippen LogP contribution is -2.67. The first-order valence-corrected chi connectivity index (χ1v) is 17.0. The molecule has 1 spiro atoms. The number of hydrogen-bond donors (Lipinski definition) is 2. The minimum absolute atomic E-state index is 0.114. The highest BCUT2D eigenvalue weighted by Crippen LogP contribution is 2.63. The average Bonchev–Trinajstić information content (AvgIpc) is 3.47. The van der Waals surface area contributed by atoms with E-state index in [1.165, 1.54) is 11.6 Å². The lowest BCUT2D eigenvalue weighted by molar-refractivity contribution is -0.145. The standard InChI is InChI=1S/C37H24Cl4N4O3S/c1-19(46)45-33(23-8-16-27(41)17-9-23)29-31(22-6-14-26(40)15-7-22)37(34(47)42-36(49)43-35(37)48)30(21-4-12-25(39)13-5-21)28(32(29)44-45)18-20-2-10-24(38)11-3-20/h2-18,30-31H,1H3,(H2,42,43,47,48,49)/b28-18-. The molecule has 2 aliphatic rings. The van der Waals surface area contributed by atoms with Crippen LogP contribution in [0.5, 0.6) is 0 Å². The number of carbonyl (C=O) groups is 3. The SMILES string of the molecule is CC(=O)n1nc2c(c1-c1ccc(Cl)cc1)C(c1ccc(Cl)cc1)C1(C(=O)NC(=S)NC1=O)C(c1ccc(Cl)cc1)/C2=C/c1ccc(Cl)cc1. The van der Waals surface area contributed by atoms with Crippen molar-refractivity contribution in [3.8, 4) is 11.3 Å². The quantitative estimate of drug-likeness (QED) is 0.142. The molecule has 2 heterocycles. The Hall–Kier alpha value is -4.31. The second kappa shape index (κ2) is 12.9. The summed E-state index contributed by atoms with van der Waals surface area (Å²) < 4.78 is 1.31. The minimum Gasteiger partial charge on any atom is -0.302 e. The highest BCUT2D eigenvalue weighted by Gasteiger charge is 2.65. The number of nitrogens with one attached hydrogen (secondary N) is 2. The van der Waals surface area contributed by atoms with Crippen LogP contribution in [0.4, 0.5) is 0 Å². The Kier molecular flexibility index (Phi) is 8.71. The van der Waals surface area contributed by atoms with E-state index in [2.05, 4.69) is 10.6 Å². The number of amides is 2. The molecule has 244 valence electrons. The van der Waals surface area contributed by atoms with Gasteiger partial charge in [0.25, 0.3) is 0 Å². The van der Waals surface area contributed by atoms with Gasteiger partial charge in [-0.3, -0.25) is 14.4 Å². The van der Waals surface area contributed by atoms with E-state index in [9.17, 15) is 14.4 Å². The zero-order valence-electron chi connectivity index (χ0n) is 25.5. The molecule has 0 saturated carbocycles. The van der Waals surface area contributed by atoms with Gasteiger partial charge >= 0.3 is 0 Å². The number of benzene rings is 4. The van der Waals surface area contributed by atoms with Crippen LogP contribution in [0, 0.1) is 5.41 Å². The van der Waals surface area contributed by atoms with Gasteiger partial charge in [0.15, 0.2) is 10.5 Å². The molecule has 1 fully saturated rings. The van der Waals surface area contributed by atoms with Crippen LogP contribution in [0.25, 0.3) is 22.9 Å². The molecule has 0 bridgehead atoms. The van der Waals surface area contributed by atoms with E-state index in [0.717, 1.165) is 5.56 Å². The number of carbonyl (C=O) groups excluding carboxylic acids is 3. The Balaban J connectivity index is 1.70. The highest BCUT2D eigenvalue weighted by atomic mass is 35.5. The van der Waals surface area contributed by atoms with Gasteiger partial charge < -0.3 is 10.6 Å². The second-order valence-corrected chi connectivity index (χ2v) is 13.9. The van der Waals surface area contributed by atoms with E-state index in [1.54, 1.807) is 84.9 Å². The molecule has 2 atom stereocenters. The molecule has 0 radical (unpaired) electrons. The molecule has 7 rings (SSSR count). The number of allylic oxidation sites excluding steroid dienone is 1. The van der Waals surface area contributed by atoms with Gasteiger partial charge in [0.05, 0.1) is 11.4 Å². The summed E-state index contributed by atoms with van der Waals surface area (Å²) in [5, 5.41) is 12.3. The van der Waals surface area contributed by atoms with Crippen molar-refractivity contribution >= 4 is 93.1 Å². The van der Waals surface area contributed by atoms with Crippen molar-refractivity contribution in [2.24, 2.45) is 5.41 Å². The fraction of sp³-hybridized carbons (Fsp3) is 0.108. The number of thiocarbonyl (C=S) groups is 1. The van der Waals surface area contributed by atoms with Crippen LogP contribution in [0.3, 0.4) is 0 Å². The van der Waals surface area contributed by atoms with Crippen LogP contribution >= 0.6 is 58.6 Å². The van der Waals surface area contributed by atoms with Crippen molar-refractivity contribution in [2.45, 2.75) is 18.8 Å². The normalized spacial score (nSPS) is 19.0. The topological polar surface area (TPSA) is 93.1 Å². The van der Waals surface area contributed by atoms with E-state index < -0.39 is 29.1 Å². The maximum absolute atomic E-state index is 14.9. The average molecular weight is 747 g/mol. The van der Waals surface area contributed by atoms with Crippen LogP contribution in [-0.4, -0.2) is 32.6 Å². The Bertz CT molecular complexity index is 2180. The zero-order chi connectivity index (χ0) is 34.6. The van der Waals surface area contributed by atoms with E-state index in [-0.39, 0.29) is 11.0 Å². The van der Waals surface area contributed by atoms with Crippen LogP contribution < -0.4 is 10.6 Å². The van der Waals surface area contributed by atoms with Gasteiger partial charge in [-0.1, -0.05) is 94.9 Å². The number of rotatable bonds is 4.